The highest BCUT2D eigenvalue weighted by Gasteiger charge is 2.34. The zero-order chi connectivity index (χ0) is 16.2. The van der Waals surface area contributed by atoms with Crippen LogP contribution < -0.4 is 10.6 Å². The second-order valence-electron chi connectivity index (χ2n) is 5.68. The van der Waals surface area contributed by atoms with Gasteiger partial charge in [0.05, 0.1) is 25.2 Å². The van der Waals surface area contributed by atoms with Crippen molar-refractivity contribution in [3.8, 4) is 0 Å². The zero-order valence-corrected chi connectivity index (χ0v) is 13.3. The summed E-state index contributed by atoms with van der Waals surface area (Å²) in [7, 11) is 0. The van der Waals surface area contributed by atoms with E-state index in [1.54, 1.807) is 23.7 Å². The first-order chi connectivity index (χ1) is 11.2. The van der Waals surface area contributed by atoms with Crippen molar-refractivity contribution in [1.82, 2.24) is 10.3 Å². The molecule has 1 aliphatic heterocycles. The fourth-order valence-electron chi connectivity index (χ4n) is 2.40. The van der Waals surface area contributed by atoms with E-state index in [9.17, 15) is 14.7 Å². The van der Waals surface area contributed by atoms with Crippen LogP contribution in [0.4, 0.5) is 5.13 Å². The van der Waals surface area contributed by atoms with Gasteiger partial charge < -0.3 is 20.5 Å². The van der Waals surface area contributed by atoms with Gasteiger partial charge in [-0.1, -0.05) is 12.2 Å². The van der Waals surface area contributed by atoms with E-state index >= 15 is 0 Å². The van der Waals surface area contributed by atoms with Gasteiger partial charge >= 0.3 is 0 Å². The highest BCUT2D eigenvalue weighted by Crippen LogP contribution is 2.29. The van der Waals surface area contributed by atoms with E-state index in [1.807, 2.05) is 0 Å². The summed E-state index contributed by atoms with van der Waals surface area (Å²) in [5.41, 5.74) is 0. The number of aliphatic hydroxyl groups excluding tert-OH is 1. The third-order valence-electron chi connectivity index (χ3n) is 3.79. The molecule has 0 spiro atoms. The smallest absolute Gasteiger partial charge is 0.229 e. The fourth-order valence-corrected chi connectivity index (χ4v) is 2.95. The molecule has 2 amide bonds. The van der Waals surface area contributed by atoms with Crippen LogP contribution in [-0.4, -0.2) is 46.8 Å². The molecule has 1 aromatic rings. The molecule has 124 valence electrons. The zero-order valence-electron chi connectivity index (χ0n) is 12.5. The molecule has 0 radical (unpaired) electrons. The predicted octanol–water partition coefficient (Wildman–Crippen LogP) is 0.682. The molecule has 2 aliphatic rings. The van der Waals surface area contributed by atoms with Crippen LogP contribution in [0.2, 0.25) is 0 Å². The molecule has 0 aromatic carbocycles. The minimum absolute atomic E-state index is 0.00154. The summed E-state index contributed by atoms with van der Waals surface area (Å²) in [6.45, 7) is -0.218. The molecule has 3 N–H and O–H groups in total. The molecule has 1 saturated carbocycles. The van der Waals surface area contributed by atoms with Gasteiger partial charge in [0.25, 0.3) is 0 Å². The summed E-state index contributed by atoms with van der Waals surface area (Å²) in [6, 6.07) is -0.355. The largest absolute Gasteiger partial charge is 0.394 e. The Morgan fingerprint density at radius 2 is 2.22 bits per heavy atom. The number of thiazole rings is 1. The average Bonchev–Trinajstić information content (AvgIpc) is 3.27. The lowest BCUT2D eigenvalue weighted by Crippen LogP contribution is -2.49. The number of rotatable bonds is 6. The van der Waals surface area contributed by atoms with Gasteiger partial charge in [0.1, 0.15) is 6.10 Å². The van der Waals surface area contributed by atoms with Gasteiger partial charge in [0.15, 0.2) is 5.13 Å². The quantitative estimate of drug-likeness (QED) is 0.663. The van der Waals surface area contributed by atoms with E-state index in [0.717, 1.165) is 12.8 Å². The monoisotopic (exact) mass is 337 g/mol. The van der Waals surface area contributed by atoms with Gasteiger partial charge in [0, 0.05) is 17.5 Å². The second-order valence-corrected chi connectivity index (χ2v) is 6.57. The number of carbonyl (C=O) groups is 2. The van der Waals surface area contributed by atoms with Crippen LogP contribution in [-0.2, 0) is 14.3 Å². The van der Waals surface area contributed by atoms with E-state index < -0.39 is 12.2 Å². The molecule has 1 aliphatic carbocycles. The Balaban J connectivity index is 1.53. The lowest BCUT2D eigenvalue weighted by atomic mass is 10.0. The molecule has 8 heteroatoms. The van der Waals surface area contributed by atoms with Crippen molar-refractivity contribution < 1.29 is 19.4 Å². The van der Waals surface area contributed by atoms with E-state index in [-0.39, 0.29) is 36.8 Å². The number of nitrogens with one attached hydrogen (secondary N) is 2. The molecule has 3 atom stereocenters. The number of carbonyl (C=O) groups excluding carboxylic acids is 2. The van der Waals surface area contributed by atoms with E-state index in [0.29, 0.717) is 5.13 Å². The van der Waals surface area contributed by atoms with Crippen LogP contribution in [0.25, 0.3) is 0 Å². The van der Waals surface area contributed by atoms with Crippen molar-refractivity contribution in [1.29, 1.82) is 0 Å². The van der Waals surface area contributed by atoms with Crippen molar-refractivity contribution in [2.24, 2.45) is 5.92 Å². The van der Waals surface area contributed by atoms with Crippen LogP contribution >= 0.6 is 11.3 Å². The average molecular weight is 337 g/mol. The Morgan fingerprint density at radius 3 is 2.87 bits per heavy atom. The molecular weight excluding hydrogens is 318 g/mol. The molecule has 0 saturated heterocycles. The molecule has 1 aromatic heterocycles. The fraction of sp³-hybridized carbons (Fsp3) is 0.533. The van der Waals surface area contributed by atoms with Gasteiger partial charge in [-0.2, -0.15) is 0 Å². The van der Waals surface area contributed by atoms with Crippen LogP contribution in [0, 0.1) is 5.92 Å². The SMILES string of the molecule is O=C(C[C@@H]1C=C[C@H](NC(=O)C2CC2)[C@H](CO)O1)Nc1nccs1. The first-order valence-electron chi connectivity index (χ1n) is 7.60. The highest BCUT2D eigenvalue weighted by molar-refractivity contribution is 7.13. The van der Waals surface area contributed by atoms with Crippen LogP contribution in [0.1, 0.15) is 19.3 Å². The number of hydrogen-bond donors (Lipinski definition) is 3. The summed E-state index contributed by atoms with van der Waals surface area (Å²) in [5, 5.41) is 17.4. The van der Waals surface area contributed by atoms with Crippen LogP contribution in [0.5, 0.6) is 0 Å². The van der Waals surface area contributed by atoms with Gasteiger partial charge in [-0.15, -0.1) is 11.3 Å². The molecule has 23 heavy (non-hydrogen) atoms. The van der Waals surface area contributed by atoms with Crippen molar-refractivity contribution in [2.45, 2.75) is 37.5 Å². The summed E-state index contributed by atoms with van der Waals surface area (Å²) in [5.74, 6) is -0.0991. The Bertz CT molecular complexity index is 586. The minimum atomic E-state index is -0.541. The van der Waals surface area contributed by atoms with Crippen molar-refractivity contribution in [3.05, 3.63) is 23.7 Å². The second kappa shape index (κ2) is 7.20. The topological polar surface area (TPSA) is 101 Å². The summed E-state index contributed by atoms with van der Waals surface area (Å²) in [4.78, 5) is 27.7. The molecule has 3 rings (SSSR count). The Kier molecular flexibility index (Phi) is 5.04. The molecule has 2 heterocycles. The maximum atomic E-state index is 11.9. The number of aromatic nitrogens is 1. The highest BCUT2D eigenvalue weighted by atomic mass is 32.1. The number of anilines is 1. The lowest BCUT2D eigenvalue weighted by molar-refractivity contribution is -0.126. The third-order valence-corrected chi connectivity index (χ3v) is 4.47. The van der Waals surface area contributed by atoms with Gasteiger partial charge in [-0.3, -0.25) is 9.59 Å². The van der Waals surface area contributed by atoms with Crippen molar-refractivity contribution in [2.75, 3.05) is 11.9 Å². The Morgan fingerprint density at radius 1 is 1.39 bits per heavy atom. The molecule has 1 fully saturated rings. The van der Waals surface area contributed by atoms with E-state index in [2.05, 4.69) is 15.6 Å². The van der Waals surface area contributed by atoms with Crippen LogP contribution in [0.15, 0.2) is 23.7 Å². The minimum Gasteiger partial charge on any atom is -0.394 e. The number of nitrogens with zero attached hydrogens (tertiary/aromatic N) is 1. The van der Waals surface area contributed by atoms with E-state index in [4.69, 9.17) is 4.74 Å². The van der Waals surface area contributed by atoms with Crippen molar-refractivity contribution in [3.63, 3.8) is 0 Å². The predicted molar refractivity (Wildman–Crippen MR) is 84.9 cm³/mol. The number of aliphatic hydroxyl groups is 1. The normalized spacial score (nSPS) is 26.7. The molecule has 0 bridgehead atoms. The standard InChI is InChI=1S/C15H19N3O4S/c19-8-12-11(17-14(21)9-1-2-9)4-3-10(22-12)7-13(20)18-15-16-5-6-23-15/h3-6,9-12,19H,1-2,7-8H2,(H,17,21)(H,16,18,20)/t10-,11-,12-/m0/s1. The van der Waals surface area contributed by atoms with E-state index in [1.165, 1.54) is 11.3 Å². The third kappa shape index (κ3) is 4.37. The molecular formula is C15H19N3O4S. The Hall–Kier alpha value is -1.77. The van der Waals surface area contributed by atoms with Gasteiger partial charge in [-0.25, -0.2) is 4.98 Å². The Labute approximate surface area is 137 Å². The van der Waals surface area contributed by atoms with Crippen LogP contribution in [0.3, 0.4) is 0 Å². The lowest BCUT2D eigenvalue weighted by Gasteiger charge is -2.31. The number of hydrogen-bond acceptors (Lipinski definition) is 6. The molecule has 0 unspecified atom stereocenters. The first-order valence-corrected chi connectivity index (χ1v) is 8.48. The van der Waals surface area contributed by atoms with Crippen molar-refractivity contribution >= 4 is 28.3 Å². The first kappa shape index (κ1) is 16.1. The number of amides is 2. The van der Waals surface area contributed by atoms with Gasteiger partial charge in [-0.05, 0) is 12.8 Å². The summed E-state index contributed by atoms with van der Waals surface area (Å²) >= 11 is 1.34. The molecule has 7 nitrogen and oxygen atoms in total. The summed E-state index contributed by atoms with van der Waals surface area (Å²) < 4.78 is 5.71. The van der Waals surface area contributed by atoms with Gasteiger partial charge in [0.2, 0.25) is 11.8 Å². The maximum Gasteiger partial charge on any atom is 0.229 e. The summed E-state index contributed by atoms with van der Waals surface area (Å²) in [6.07, 6.45) is 6.18. The maximum absolute atomic E-state index is 11.9. The number of ether oxygens (including phenoxy) is 1.